The Bertz CT molecular complexity index is 1420. The van der Waals surface area contributed by atoms with E-state index in [9.17, 15) is 4.79 Å². The minimum absolute atomic E-state index is 0.232. The van der Waals surface area contributed by atoms with Gasteiger partial charge in [0.25, 0.3) is 5.91 Å². The van der Waals surface area contributed by atoms with Gasteiger partial charge in [-0.25, -0.2) is 4.98 Å². The molecule has 174 valence electrons. The van der Waals surface area contributed by atoms with E-state index in [1.54, 1.807) is 6.20 Å². The van der Waals surface area contributed by atoms with E-state index in [1.807, 2.05) is 97.1 Å². The Labute approximate surface area is 209 Å². The predicted octanol–water partition coefficient (Wildman–Crippen LogP) is 6.12. The second-order valence-corrected chi connectivity index (χ2v) is 8.09. The number of halogens is 1. The highest BCUT2D eigenvalue weighted by Crippen LogP contribution is 2.34. The Morgan fingerprint density at radius 3 is 2.20 bits per heavy atom. The number of rotatable bonds is 5. The van der Waals surface area contributed by atoms with Gasteiger partial charge >= 0.3 is 0 Å². The van der Waals surface area contributed by atoms with Crippen LogP contribution >= 0.6 is 11.6 Å². The molecule has 0 saturated heterocycles. The lowest BCUT2D eigenvalue weighted by molar-refractivity contribution is 0.0948. The lowest BCUT2D eigenvalue weighted by atomic mass is 9.97. The van der Waals surface area contributed by atoms with Gasteiger partial charge in [0.05, 0.1) is 11.2 Å². The van der Waals surface area contributed by atoms with Crippen LogP contribution in [0, 0.1) is 0 Å². The second-order valence-electron chi connectivity index (χ2n) is 7.65. The van der Waals surface area contributed by atoms with Crippen molar-refractivity contribution in [3.8, 4) is 22.4 Å². The van der Waals surface area contributed by atoms with Crippen LogP contribution in [0.2, 0.25) is 5.02 Å². The minimum Gasteiger partial charge on any atom is -0.347 e. The lowest BCUT2D eigenvalue weighted by Gasteiger charge is -2.13. The number of amides is 1. The van der Waals surface area contributed by atoms with Crippen LogP contribution < -0.4 is 11.1 Å². The van der Waals surface area contributed by atoms with Gasteiger partial charge in [0.2, 0.25) is 0 Å². The summed E-state index contributed by atoms with van der Waals surface area (Å²) in [4.78, 5) is 22.4. The van der Waals surface area contributed by atoms with E-state index < -0.39 is 0 Å². The minimum atomic E-state index is -0.232. The largest absolute Gasteiger partial charge is 0.347 e. The molecule has 35 heavy (non-hydrogen) atoms. The zero-order chi connectivity index (χ0) is 24.6. The number of benzene rings is 3. The molecule has 3 N–H and O–H groups in total. The van der Waals surface area contributed by atoms with E-state index in [-0.39, 0.29) is 5.91 Å². The first-order chi connectivity index (χ1) is 17.2. The second kappa shape index (κ2) is 11.4. The normalized spacial score (nSPS) is 10.4. The van der Waals surface area contributed by atoms with Crippen LogP contribution in [0.3, 0.4) is 0 Å². The molecular weight excluding hydrogens is 456 g/mol. The van der Waals surface area contributed by atoms with Crippen molar-refractivity contribution in [1.29, 1.82) is 0 Å². The molecule has 0 aliphatic carbocycles. The van der Waals surface area contributed by atoms with E-state index in [0.29, 0.717) is 28.2 Å². The molecule has 0 bridgehead atoms. The van der Waals surface area contributed by atoms with Crippen molar-refractivity contribution in [3.05, 3.63) is 120 Å². The quantitative estimate of drug-likeness (QED) is 0.317. The maximum atomic E-state index is 13.1. The highest BCUT2D eigenvalue weighted by molar-refractivity contribution is 6.30. The highest BCUT2D eigenvalue weighted by Gasteiger charge is 2.17. The summed E-state index contributed by atoms with van der Waals surface area (Å²) in [5.74, 6) is -0.232. The molecule has 0 atom stereocenters. The van der Waals surface area contributed by atoms with Gasteiger partial charge in [0.1, 0.15) is 5.69 Å². The molecule has 2 heterocycles. The molecule has 0 saturated carbocycles. The summed E-state index contributed by atoms with van der Waals surface area (Å²) in [6.45, 7) is 0.430. The summed E-state index contributed by atoms with van der Waals surface area (Å²) in [5, 5.41) is 4.35. The Morgan fingerprint density at radius 2 is 1.51 bits per heavy atom. The summed E-state index contributed by atoms with van der Waals surface area (Å²) < 4.78 is 0. The maximum Gasteiger partial charge on any atom is 0.270 e. The monoisotopic (exact) mass is 480 g/mol. The topological polar surface area (TPSA) is 80.9 Å². The molecule has 5 rings (SSSR count). The summed E-state index contributed by atoms with van der Waals surface area (Å²) in [5.41, 5.74) is 10.3. The fourth-order valence-corrected chi connectivity index (χ4v) is 3.93. The number of nitrogens with zero attached hydrogens (tertiary/aromatic N) is 2. The van der Waals surface area contributed by atoms with E-state index in [0.717, 1.165) is 27.9 Å². The highest BCUT2D eigenvalue weighted by atomic mass is 35.5. The van der Waals surface area contributed by atoms with Crippen LogP contribution in [0.4, 0.5) is 0 Å². The van der Waals surface area contributed by atoms with Crippen LogP contribution in [0.5, 0.6) is 0 Å². The summed E-state index contributed by atoms with van der Waals surface area (Å²) in [6, 6.07) is 31.3. The van der Waals surface area contributed by atoms with Gasteiger partial charge in [-0.15, -0.1) is 0 Å². The smallest absolute Gasteiger partial charge is 0.270 e. The van der Waals surface area contributed by atoms with Gasteiger partial charge in [0, 0.05) is 34.3 Å². The number of carbonyl (C=O) groups excluding carboxylic acids is 1. The molecule has 2 aromatic heterocycles. The number of hydrogen-bond acceptors (Lipinski definition) is 4. The van der Waals surface area contributed by atoms with Crippen molar-refractivity contribution >= 4 is 28.4 Å². The standard InChI is InChI=1S/C28H20ClN3O.CH5N/c29-22-13-11-21(12-14-22)26-23(20-9-5-2-6-10-20)17-24-25(32-26)15-16-30-27(24)28(33)31-18-19-7-3-1-4-8-19;1-2/h1-17H,18H2,(H,31,33);2H2,1H3. The Balaban J connectivity index is 0.00000141. The molecule has 0 aliphatic rings. The van der Waals surface area contributed by atoms with Crippen LogP contribution in [0.25, 0.3) is 33.3 Å². The molecular formula is C29H25ClN4O. The van der Waals surface area contributed by atoms with Crippen molar-refractivity contribution in [3.63, 3.8) is 0 Å². The van der Waals surface area contributed by atoms with Crippen LogP contribution in [-0.2, 0) is 6.54 Å². The van der Waals surface area contributed by atoms with Gasteiger partial charge in [-0.2, -0.15) is 0 Å². The van der Waals surface area contributed by atoms with Crippen LogP contribution in [0.15, 0.2) is 103 Å². The molecule has 0 spiro atoms. The molecule has 0 fully saturated rings. The fourth-order valence-electron chi connectivity index (χ4n) is 3.80. The molecule has 5 nitrogen and oxygen atoms in total. The molecule has 0 aliphatic heterocycles. The first kappa shape index (κ1) is 24.1. The zero-order valence-electron chi connectivity index (χ0n) is 19.3. The van der Waals surface area contributed by atoms with Gasteiger partial charge in [-0.05, 0) is 42.4 Å². The van der Waals surface area contributed by atoms with E-state index >= 15 is 0 Å². The Hall–Kier alpha value is -4.06. The third kappa shape index (κ3) is 5.54. The van der Waals surface area contributed by atoms with Crippen molar-refractivity contribution in [2.45, 2.75) is 6.54 Å². The van der Waals surface area contributed by atoms with E-state index in [1.165, 1.54) is 7.05 Å². The third-order valence-electron chi connectivity index (χ3n) is 5.46. The predicted molar refractivity (Wildman–Crippen MR) is 143 cm³/mol. The van der Waals surface area contributed by atoms with E-state index in [4.69, 9.17) is 16.6 Å². The van der Waals surface area contributed by atoms with Crippen LogP contribution in [-0.4, -0.2) is 22.9 Å². The molecule has 5 aromatic rings. The number of nitrogens with two attached hydrogens (primary N) is 1. The summed E-state index contributed by atoms with van der Waals surface area (Å²) >= 11 is 6.11. The first-order valence-electron chi connectivity index (χ1n) is 11.2. The van der Waals surface area contributed by atoms with Crippen LogP contribution in [0.1, 0.15) is 16.1 Å². The van der Waals surface area contributed by atoms with Crippen molar-refractivity contribution in [1.82, 2.24) is 15.3 Å². The molecule has 0 radical (unpaired) electrons. The lowest BCUT2D eigenvalue weighted by Crippen LogP contribution is -2.24. The maximum absolute atomic E-state index is 13.1. The summed E-state index contributed by atoms with van der Waals surface area (Å²) in [7, 11) is 1.50. The van der Waals surface area contributed by atoms with E-state index in [2.05, 4.69) is 16.0 Å². The van der Waals surface area contributed by atoms with Gasteiger partial charge < -0.3 is 11.1 Å². The first-order valence-corrected chi connectivity index (χ1v) is 11.6. The zero-order valence-corrected chi connectivity index (χ0v) is 20.0. The van der Waals surface area contributed by atoms with Crippen molar-refractivity contribution in [2.75, 3.05) is 7.05 Å². The fraction of sp³-hybridized carbons (Fsp3) is 0.0690. The molecule has 6 heteroatoms. The Kier molecular flexibility index (Phi) is 7.83. The van der Waals surface area contributed by atoms with Gasteiger partial charge in [-0.3, -0.25) is 9.78 Å². The summed E-state index contributed by atoms with van der Waals surface area (Å²) in [6.07, 6.45) is 1.63. The van der Waals surface area contributed by atoms with Gasteiger partial charge in [-0.1, -0.05) is 84.4 Å². The average molecular weight is 481 g/mol. The van der Waals surface area contributed by atoms with Gasteiger partial charge in [0.15, 0.2) is 0 Å². The third-order valence-corrected chi connectivity index (χ3v) is 5.71. The molecule has 0 unspecified atom stereocenters. The number of fused-ring (bicyclic) bond motifs is 1. The molecule has 1 amide bonds. The Morgan fingerprint density at radius 1 is 0.857 bits per heavy atom. The number of pyridine rings is 2. The number of nitrogens with one attached hydrogen (secondary N) is 1. The number of carbonyl (C=O) groups is 1. The van der Waals surface area contributed by atoms with Crippen molar-refractivity contribution < 1.29 is 4.79 Å². The number of hydrogen-bond donors (Lipinski definition) is 2. The average Bonchev–Trinajstić information content (AvgIpc) is 2.93. The number of aromatic nitrogens is 2. The molecule has 3 aromatic carbocycles. The van der Waals surface area contributed by atoms with Crippen molar-refractivity contribution in [2.24, 2.45) is 5.73 Å². The SMILES string of the molecule is CN.O=C(NCc1ccccc1)c1nccc2nc(-c3ccc(Cl)cc3)c(-c3ccccc3)cc12.